The molecule has 1 saturated heterocycles. The minimum atomic E-state index is -0.929. The van der Waals surface area contributed by atoms with Crippen LogP contribution in [0, 0.1) is 0 Å². The predicted molar refractivity (Wildman–Crippen MR) is 57.7 cm³/mol. The molecule has 1 fully saturated rings. The summed E-state index contributed by atoms with van der Waals surface area (Å²) in [6.07, 6.45) is 0. The van der Waals surface area contributed by atoms with Gasteiger partial charge in [0.15, 0.2) is 0 Å². The Morgan fingerprint density at radius 3 is 2.87 bits per heavy atom. The summed E-state index contributed by atoms with van der Waals surface area (Å²) in [4.78, 5) is 33.1. The molecule has 3 N–H and O–H groups in total. The van der Waals surface area contributed by atoms with Gasteiger partial charge in [-0.15, -0.1) is 0 Å². The van der Waals surface area contributed by atoms with Gasteiger partial charge in [-0.05, 0) is 0 Å². The van der Waals surface area contributed by atoms with Gasteiger partial charge < -0.3 is 15.8 Å². The van der Waals surface area contributed by atoms with Crippen LogP contribution in [0.3, 0.4) is 0 Å². The number of amides is 1. The maximum atomic E-state index is 11.3. The molecule has 0 bridgehead atoms. The van der Waals surface area contributed by atoms with Gasteiger partial charge in [-0.25, -0.2) is 9.59 Å². The summed E-state index contributed by atoms with van der Waals surface area (Å²) in [7, 11) is 0. The van der Waals surface area contributed by atoms with Gasteiger partial charge >= 0.3 is 11.9 Å². The van der Waals surface area contributed by atoms with Crippen LogP contribution in [0.1, 0.15) is 0 Å². The maximum absolute atomic E-state index is 11.3. The van der Waals surface area contributed by atoms with Crippen LogP contribution >= 0.6 is 24.4 Å². The number of ether oxygens (including phenoxy) is 1. The number of thioether (sulfide) groups is 1. The van der Waals surface area contributed by atoms with Crippen LogP contribution in [0.4, 0.5) is 4.79 Å². The van der Waals surface area contributed by atoms with Crippen molar-refractivity contribution >= 4 is 41.6 Å². The van der Waals surface area contributed by atoms with Crippen LogP contribution in [0.5, 0.6) is 0 Å². The van der Waals surface area contributed by atoms with E-state index in [1.54, 1.807) is 0 Å². The topological polar surface area (TPSA) is 98.5 Å². The fourth-order valence-electron chi connectivity index (χ4n) is 0.832. The zero-order valence-electron chi connectivity index (χ0n) is 7.63. The van der Waals surface area contributed by atoms with E-state index in [9.17, 15) is 14.4 Å². The van der Waals surface area contributed by atoms with E-state index in [-0.39, 0.29) is 16.7 Å². The largest absolute Gasteiger partial charge is 0.390 e. The second-order valence-electron chi connectivity index (χ2n) is 2.82. The number of nitrogens with one attached hydrogen (secondary N) is 1. The fraction of sp³-hybridized carbons (Fsp3) is 0.571. The van der Waals surface area contributed by atoms with Crippen molar-refractivity contribution in [2.45, 2.75) is 12.1 Å². The van der Waals surface area contributed by atoms with Crippen molar-refractivity contribution in [3.8, 4) is 0 Å². The van der Waals surface area contributed by atoms with Crippen LogP contribution in [0.2, 0.25) is 0 Å². The molecule has 0 aromatic carbocycles. The van der Waals surface area contributed by atoms with E-state index in [4.69, 9.17) is 5.73 Å². The van der Waals surface area contributed by atoms with Gasteiger partial charge in [-0.3, -0.25) is 4.79 Å². The van der Waals surface area contributed by atoms with E-state index >= 15 is 0 Å². The van der Waals surface area contributed by atoms with E-state index in [1.165, 1.54) is 0 Å². The highest BCUT2D eigenvalue weighted by atomic mass is 32.2. The first kappa shape index (κ1) is 12.3. The van der Waals surface area contributed by atoms with E-state index < -0.39 is 24.0 Å². The number of carbonyl (C=O) groups excluding carboxylic acids is 3. The first-order valence-corrected chi connectivity index (χ1v) is 5.71. The molecule has 1 unspecified atom stereocenters. The molecule has 1 rings (SSSR count). The quantitative estimate of drug-likeness (QED) is 0.342. The molecule has 0 aromatic rings. The Labute approximate surface area is 95.7 Å². The third kappa shape index (κ3) is 3.40. The van der Waals surface area contributed by atoms with E-state index in [0.29, 0.717) is 0 Å². The molecule has 1 aliphatic heterocycles. The average molecular weight is 250 g/mol. The van der Waals surface area contributed by atoms with Gasteiger partial charge in [-0.2, -0.15) is 12.6 Å². The van der Waals surface area contributed by atoms with Crippen molar-refractivity contribution in [3.05, 3.63) is 0 Å². The van der Waals surface area contributed by atoms with Gasteiger partial charge in [0, 0.05) is 11.5 Å². The fourth-order valence-corrected chi connectivity index (χ4v) is 1.74. The lowest BCUT2D eigenvalue weighted by atomic mass is 10.3. The monoisotopic (exact) mass is 250 g/mol. The van der Waals surface area contributed by atoms with Gasteiger partial charge in [0.25, 0.3) is 5.24 Å². The molecule has 0 saturated carbocycles. The molecular weight excluding hydrogens is 240 g/mol. The third-order valence-corrected chi connectivity index (χ3v) is 2.93. The molecule has 0 aliphatic carbocycles. The lowest BCUT2D eigenvalue weighted by Crippen LogP contribution is -2.41. The van der Waals surface area contributed by atoms with Crippen molar-refractivity contribution in [3.63, 3.8) is 0 Å². The van der Waals surface area contributed by atoms with Crippen molar-refractivity contribution < 1.29 is 19.1 Å². The average Bonchev–Trinajstić information content (AvgIpc) is 2.63. The lowest BCUT2D eigenvalue weighted by molar-refractivity contribution is -0.161. The number of thiol groups is 1. The highest BCUT2D eigenvalue weighted by Gasteiger charge is 2.31. The molecule has 0 radical (unpaired) electrons. The minimum Gasteiger partial charge on any atom is -0.390 e. The second-order valence-corrected chi connectivity index (χ2v) is 4.18. The van der Waals surface area contributed by atoms with Gasteiger partial charge in [0.05, 0.1) is 0 Å². The van der Waals surface area contributed by atoms with Gasteiger partial charge in [-0.1, -0.05) is 11.8 Å². The normalized spacial score (nSPS) is 22.0. The highest BCUT2D eigenvalue weighted by Crippen LogP contribution is 2.13. The zero-order chi connectivity index (χ0) is 11.4. The smallest absolute Gasteiger partial charge is 0.337 e. The van der Waals surface area contributed by atoms with Crippen molar-refractivity contribution in [1.29, 1.82) is 0 Å². The summed E-state index contributed by atoms with van der Waals surface area (Å²) in [6.45, 7) is 0. The molecule has 8 heteroatoms. The maximum Gasteiger partial charge on any atom is 0.337 e. The number of nitrogens with two attached hydrogens (primary N) is 1. The van der Waals surface area contributed by atoms with E-state index in [2.05, 4.69) is 22.7 Å². The Balaban J connectivity index is 2.42. The molecule has 6 nitrogen and oxygen atoms in total. The van der Waals surface area contributed by atoms with Crippen LogP contribution in [-0.2, 0) is 14.3 Å². The Kier molecular flexibility index (Phi) is 4.43. The molecule has 1 heterocycles. The highest BCUT2D eigenvalue weighted by molar-refractivity contribution is 8.14. The van der Waals surface area contributed by atoms with Crippen molar-refractivity contribution in [2.75, 3.05) is 11.5 Å². The summed E-state index contributed by atoms with van der Waals surface area (Å²) in [5.74, 6) is -1.25. The minimum absolute atomic E-state index is 0.0951. The summed E-state index contributed by atoms with van der Waals surface area (Å²) in [5.41, 5.74) is 5.30. The van der Waals surface area contributed by atoms with Gasteiger partial charge in [0.1, 0.15) is 12.1 Å². The van der Waals surface area contributed by atoms with Crippen LogP contribution in [0.25, 0.3) is 0 Å². The van der Waals surface area contributed by atoms with Crippen LogP contribution < -0.4 is 11.1 Å². The Bertz CT molecular complexity index is 297. The number of rotatable bonds is 3. The second kappa shape index (κ2) is 5.38. The van der Waals surface area contributed by atoms with E-state index in [1.807, 2.05) is 0 Å². The molecule has 15 heavy (non-hydrogen) atoms. The summed E-state index contributed by atoms with van der Waals surface area (Å²) in [6, 6.07) is -1.69. The molecular formula is C7H10N2O4S2. The summed E-state index contributed by atoms with van der Waals surface area (Å²) < 4.78 is 4.46. The van der Waals surface area contributed by atoms with Crippen LogP contribution in [0.15, 0.2) is 0 Å². The molecule has 1 aliphatic rings. The molecule has 84 valence electrons. The number of hydrogen-bond donors (Lipinski definition) is 3. The van der Waals surface area contributed by atoms with Crippen molar-refractivity contribution in [1.82, 2.24) is 5.32 Å². The van der Waals surface area contributed by atoms with Gasteiger partial charge in [0.2, 0.25) is 0 Å². The Morgan fingerprint density at radius 1 is 1.73 bits per heavy atom. The number of carbonyl (C=O) groups is 3. The zero-order valence-corrected chi connectivity index (χ0v) is 9.35. The Morgan fingerprint density at radius 2 is 2.40 bits per heavy atom. The number of esters is 2. The molecule has 1 amide bonds. The molecule has 2 atom stereocenters. The SMILES string of the molecule is N[C@@H](CS)C(=O)OC(=O)C1CSC(=O)N1. The first-order valence-electron chi connectivity index (χ1n) is 4.10. The van der Waals surface area contributed by atoms with Crippen molar-refractivity contribution in [2.24, 2.45) is 5.73 Å². The Hall–Kier alpha value is -0.730. The molecule has 0 aromatic heterocycles. The predicted octanol–water partition coefficient (Wildman–Crippen LogP) is -0.862. The van der Waals surface area contributed by atoms with Crippen LogP contribution in [-0.4, -0.2) is 40.8 Å². The lowest BCUT2D eigenvalue weighted by Gasteiger charge is -2.10. The first-order chi connectivity index (χ1) is 7.04. The standard InChI is InChI=1S/C7H10N2O4S2/c8-3(1-14)5(10)13-6(11)4-2-15-7(12)9-4/h3-4,14H,1-2,8H2,(H,9,12)/t3-,4?/m0/s1. The van der Waals surface area contributed by atoms with E-state index in [0.717, 1.165) is 11.8 Å². The summed E-state index contributed by atoms with van der Waals surface area (Å²) in [5, 5.41) is 2.05. The molecule has 0 spiro atoms. The third-order valence-electron chi connectivity index (χ3n) is 1.66. The number of hydrogen-bond acceptors (Lipinski definition) is 7. The summed E-state index contributed by atoms with van der Waals surface area (Å²) >= 11 is 4.76.